The van der Waals surface area contributed by atoms with Crippen LogP contribution in [-0.4, -0.2) is 21.4 Å². The molecule has 6 heteroatoms. The number of benzene rings is 2. The SMILES string of the molecule is CNC(=O)c1cc(S(=O)(=O)Nc2cc(C)ccc2C)ccc1C. The quantitative estimate of drug-likeness (QED) is 0.904. The zero-order chi connectivity index (χ0) is 17.2. The maximum atomic E-state index is 12.6. The first-order valence-corrected chi connectivity index (χ1v) is 8.65. The molecule has 2 aromatic rings. The van der Waals surface area contributed by atoms with E-state index in [4.69, 9.17) is 0 Å². The van der Waals surface area contributed by atoms with Gasteiger partial charge < -0.3 is 5.32 Å². The molecule has 122 valence electrons. The highest BCUT2D eigenvalue weighted by atomic mass is 32.2. The Balaban J connectivity index is 2.44. The van der Waals surface area contributed by atoms with Gasteiger partial charge in [0.15, 0.2) is 0 Å². The molecule has 0 heterocycles. The standard InChI is InChI=1S/C17H20N2O3S/c1-11-5-6-13(3)16(9-11)19-23(21,22)14-8-7-12(2)15(10-14)17(20)18-4/h5-10,19H,1-4H3,(H,18,20). The number of nitrogens with one attached hydrogen (secondary N) is 2. The Morgan fingerprint density at radius 1 is 0.957 bits per heavy atom. The fourth-order valence-corrected chi connectivity index (χ4v) is 3.34. The topological polar surface area (TPSA) is 75.3 Å². The van der Waals surface area contributed by atoms with E-state index in [-0.39, 0.29) is 10.8 Å². The third kappa shape index (κ3) is 3.71. The molecule has 0 unspecified atom stereocenters. The van der Waals surface area contributed by atoms with E-state index in [9.17, 15) is 13.2 Å². The number of hydrogen-bond donors (Lipinski definition) is 2. The molecule has 0 spiro atoms. The summed E-state index contributed by atoms with van der Waals surface area (Å²) in [6, 6.07) is 10.1. The summed E-state index contributed by atoms with van der Waals surface area (Å²) < 4.78 is 27.8. The molecule has 0 fully saturated rings. The van der Waals surface area contributed by atoms with Crippen molar-refractivity contribution in [3.63, 3.8) is 0 Å². The van der Waals surface area contributed by atoms with Gasteiger partial charge in [-0.15, -0.1) is 0 Å². The largest absolute Gasteiger partial charge is 0.355 e. The van der Waals surface area contributed by atoms with Crippen molar-refractivity contribution >= 4 is 21.6 Å². The number of hydrogen-bond acceptors (Lipinski definition) is 3. The average Bonchev–Trinajstić information content (AvgIpc) is 2.50. The van der Waals surface area contributed by atoms with Crippen LogP contribution in [0.3, 0.4) is 0 Å². The van der Waals surface area contributed by atoms with Gasteiger partial charge in [-0.1, -0.05) is 18.2 Å². The molecule has 1 amide bonds. The van der Waals surface area contributed by atoms with Crippen LogP contribution in [0.2, 0.25) is 0 Å². The molecule has 2 N–H and O–H groups in total. The first kappa shape index (κ1) is 17.0. The molecule has 0 aliphatic carbocycles. The predicted octanol–water partition coefficient (Wildman–Crippen LogP) is 2.77. The van der Waals surface area contributed by atoms with Crippen LogP contribution in [0.25, 0.3) is 0 Å². The van der Waals surface area contributed by atoms with Crippen molar-refractivity contribution < 1.29 is 13.2 Å². The van der Waals surface area contributed by atoms with Crippen LogP contribution in [-0.2, 0) is 10.0 Å². The average molecular weight is 332 g/mol. The second kappa shape index (κ2) is 6.42. The summed E-state index contributed by atoms with van der Waals surface area (Å²) >= 11 is 0. The Bertz CT molecular complexity index is 858. The van der Waals surface area contributed by atoms with E-state index in [0.717, 1.165) is 16.7 Å². The van der Waals surface area contributed by atoms with Crippen molar-refractivity contribution in [1.82, 2.24) is 5.32 Å². The minimum Gasteiger partial charge on any atom is -0.355 e. The number of carbonyl (C=O) groups is 1. The maximum Gasteiger partial charge on any atom is 0.261 e. The minimum absolute atomic E-state index is 0.0580. The third-order valence-electron chi connectivity index (χ3n) is 3.63. The van der Waals surface area contributed by atoms with Crippen molar-refractivity contribution in [2.45, 2.75) is 25.7 Å². The highest BCUT2D eigenvalue weighted by Gasteiger charge is 2.18. The monoisotopic (exact) mass is 332 g/mol. The molecule has 2 rings (SSSR count). The minimum atomic E-state index is -3.76. The molecular formula is C17H20N2O3S. The summed E-state index contributed by atoms with van der Waals surface area (Å²) in [6.45, 7) is 5.49. The highest BCUT2D eigenvalue weighted by molar-refractivity contribution is 7.92. The Labute approximate surface area is 136 Å². The van der Waals surface area contributed by atoms with Crippen LogP contribution in [0.5, 0.6) is 0 Å². The molecule has 23 heavy (non-hydrogen) atoms. The van der Waals surface area contributed by atoms with E-state index >= 15 is 0 Å². The van der Waals surface area contributed by atoms with E-state index in [1.807, 2.05) is 26.0 Å². The van der Waals surface area contributed by atoms with E-state index in [2.05, 4.69) is 10.0 Å². The lowest BCUT2D eigenvalue weighted by atomic mass is 10.1. The second-order valence-electron chi connectivity index (χ2n) is 5.48. The summed E-state index contributed by atoms with van der Waals surface area (Å²) in [6.07, 6.45) is 0. The summed E-state index contributed by atoms with van der Waals surface area (Å²) in [7, 11) is -2.25. The Morgan fingerprint density at radius 2 is 1.61 bits per heavy atom. The van der Waals surface area contributed by atoms with Crippen LogP contribution in [0.1, 0.15) is 27.0 Å². The fraction of sp³-hybridized carbons (Fsp3) is 0.235. The smallest absolute Gasteiger partial charge is 0.261 e. The van der Waals surface area contributed by atoms with Crippen LogP contribution >= 0.6 is 0 Å². The van der Waals surface area contributed by atoms with Gasteiger partial charge in [-0.05, 0) is 55.7 Å². The molecule has 0 aliphatic rings. The van der Waals surface area contributed by atoms with E-state index in [1.54, 1.807) is 19.1 Å². The van der Waals surface area contributed by atoms with Crippen molar-refractivity contribution in [2.75, 3.05) is 11.8 Å². The second-order valence-corrected chi connectivity index (χ2v) is 7.16. The number of carbonyl (C=O) groups excluding carboxylic acids is 1. The molecule has 0 atom stereocenters. The lowest BCUT2D eigenvalue weighted by Gasteiger charge is -2.13. The van der Waals surface area contributed by atoms with Crippen LogP contribution in [0.4, 0.5) is 5.69 Å². The molecule has 0 saturated heterocycles. The molecule has 0 saturated carbocycles. The fourth-order valence-electron chi connectivity index (χ4n) is 2.20. The van der Waals surface area contributed by atoms with Crippen molar-refractivity contribution in [3.8, 4) is 0 Å². The van der Waals surface area contributed by atoms with Gasteiger partial charge in [0.25, 0.3) is 15.9 Å². The Hall–Kier alpha value is -2.34. The Kier molecular flexibility index (Phi) is 4.75. The molecule has 0 radical (unpaired) electrons. The first-order valence-electron chi connectivity index (χ1n) is 7.17. The van der Waals surface area contributed by atoms with Crippen LogP contribution < -0.4 is 10.0 Å². The number of amides is 1. The summed E-state index contributed by atoms with van der Waals surface area (Å²) in [5.74, 6) is -0.314. The lowest BCUT2D eigenvalue weighted by molar-refractivity contribution is 0.0962. The predicted molar refractivity (Wildman–Crippen MR) is 91.3 cm³/mol. The maximum absolute atomic E-state index is 12.6. The summed E-state index contributed by atoms with van der Waals surface area (Å²) in [5.41, 5.74) is 3.39. The van der Waals surface area contributed by atoms with Gasteiger partial charge in [0.2, 0.25) is 0 Å². The van der Waals surface area contributed by atoms with Gasteiger partial charge in [0, 0.05) is 12.6 Å². The normalized spacial score (nSPS) is 11.1. The number of sulfonamides is 1. The van der Waals surface area contributed by atoms with E-state index in [1.165, 1.54) is 19.2 Å². The molecule has 2 aromatic carbocycles. The van der Waals surface area contributed by atoms with Gasteiger partial charge in [0.05, 0.1) is 10.6 Å². The highest BCUT2D eigenvalue weighted by Crippen LogP contribution is 2.22. The number of rotatable bonds is 4. The van der Waals surface area contributed by atoms with Gasteiger partial charge in [0.1, 0.15) is 0 Å². The van der Waals surface area contributed by atoms with Gasteiger partial charge >= 0.3 is 0 Å². The van der Waals surface area contributed by atoms with Gasteiger partial charge in [-0.2, -0.15) is 0 Å². The van der Waals surface area contributed by atoms with Gasteiger partial charge in [-0.3, -0.25) is 9.52 Å². The van der Waals surface area contributed by atoms with Gasteiger partial charge in [-0.25, -0.2) is 8.42 Å². The van der Waals surface area contributed by atoms with E-state index < -0.39 is 10.0 Å². The number of aryl methyl sites for hydroxylation is 3. The van der Waals surface area contributed by atoms with Crippen molar-refractivity contribution in [1.29, 1.82) is 0 Å². The number of anilines is 1. The molecular weight excluding hydrogens is 312 g/mol. The lowest BCUT2D eigenvalue weighted by Crippen LogP contribution is -2.20. The molecule has 5 nitrogen and oxygen atoms in total. The summed E-state index contributed by atoms with van der Waals surface area (Å²) in [4.78, 5) is 11.9. The Morgan fingerprint density at radius 3 is 2.26 bits per heavy atom. The molecule has 0 bridgehead atoms. The van der Waals surface area contributed by atoms with Crippen LogP contribution in [0, 0.1) is 20.8 Å². The molecule has 0 aliphatic heterocycles. The summed E-state index contributed by atoms with van der Waals surface area (Å²) in [5, 5.41) is 2.51. The van der Waals surface area contributed by atoms with E-state index in [0.29, 0.717) is 11.3 Å². The zero-order valence-electron chi connectivity index (χ0n) is 13.6. The van der Waals surface area contributed by atoms with Crippen molar-refractivity contribution in [3.05, 3.63) is 58.7 Å². The molecule has 0 aromatic heterocycles. The van der Waals surface area contributed by atoms with Crippen LogP contribution in [0.15, 0.2) is 41.3 Å². The van der Waals surface area contributed by atoms with Crippen molar-refractivity contribution in [2.24, 2.45) is 0 Å². The zero-order valence-corrected chi connectivity index (χ0v) is 14.4. The first-order chi connectivity index (χ1) is 10.7. The third-order valence-corrected chi connectivity index (χ3v) is 4.99.